The van der Waals surface area contributed by atoms with Crippen LogP contribution in [0.3, 0.4) is 0 Å². The summed E-state index contributed by atoms with van der Waals surface area (Å²) in [5.74, 6) is -0.976. The number of nitrogens with one attached hydrogen (secondary N) is 2. The monoisotopic (exact) mass is 715 g/mol. The molecule has 5 aromatic rings. The van der Waals surface area contributed by atoms with Crippen LogP contribution in [-0.2, 0) is 16.6 Å². The molecule has 52 heavy (non-hydrogen) atoms. The van der Waals surface area contributed by atoms with E-state index in [1.807, 2.05) is 18.2 Å². The SMILES string of the molecule is CN(CC1CC(n2cc(NC(=O)c3cnn4cccnc34)c(C(F)F)n2)C1)C1CCN(c2cccc3c2n(C)c(=O)n3C2CCC(=O)NC2=O)CC1. The number of piperidine rings is 2. The molecule has 0 spiro atoms. The molecule has 2 saturated heterocycles. The molecule has 1 aromatic carbocycles. The van der Waals surface area contributed by atoms with E-state index < -0.39 is 30.0 Å². The Morgan fingerprint density at radius 1 is 1.12 bits per heavy atom. The molecule has 0 bridgehead atoms. The van der Waals surface area contributed by atoms with E-state index in [4.69, 9.17) is 0 Å². The van der Waals surface area contributed by atoms with Crippen molar-refractivity contribution in [2.24, 2.45) is 13.0 Å². The summed E-state index contributed by atoms with van der Waals surface area (Å²) in [4.78, 5) is 59.6. The minimum Gasteiger partial charge on any atom is -0.370 e. The van der Waals surface area contributed by atoms with Crippen molar-refractivity contribution < 1.29 is 23.2 Å². The van der Waals surface area contributed by atoms with Gasteiger partial charge >= 0.3 is 5.69 Å². The predicted molar refractivity (Wildman–Crippen MR) is 186 cm³/mol. The number of alkyl halides is 2. The van der Waals surface area contributed by atoms with Gasteiger partial charge in [0, 0.05) is 57.7 Å². The first-order valence-electron chi connectivity index (χ1n) is 17.5. The topological polar surface area (TPSA) is 157 Å². The molecule has 0 radical (unpaired) electrons. The van der Waals surface area contributed by atoms with Crippen molar-refractivity contribution in [1.29, 1.82) is 0 Å². The summed E-state index contributed by atoms with van der Waals surface area (Å²) in [6, 6.07) is 7.03. The number of carbonyl (C=O) groups excluding carboxylic acids is 3. The molecular formula is C35H39F2N11O4. The molecule has 17 heteroatoms. The van der Waals surface area contributed by atoms with Gasteiger partial charge in [0.1, 0.15) is 11.6 Å². The summed E-state index contributed by atoms with van der Waals surface area (Å²) in [5, 5.41) is 13.2. The van der Waals surface area contributed by atoms with Gasteiger partial charge in [-0.2, -0.15) is 10.2 Å². The van der Waals surface area contributed by atoms with Crippen molar-refractivity contribution in [3.05, 3.63) is 70.8 Å². The number of nitrogens with zero attached hydrogens (tertiary/aromatic N) is 9. The first-order valence-corrected chi connectivity index (χ1v) is 17.5. The molecule has 1 saturated carbocycles. The average molecular weight is 716 g/mol. The lowest BCUT2D eigenvalue weighted by molar-refractivity contribution is -0.135. The molecule has 15 nitrogen and oxygen atoms in total. The molecule has 8 rings (SSSR count). The third-order valence-corrected chi connectivity index (χ3v) is 10.9. The van der Waals surface area contributed by atoms with Crippen molar-refractivity contribution in [1.82, 2.24) is 43.7 Å². The van der Waals surface area contributed by atoms with Crippen molar-refractivity contribution in [3.63, 3.8) is 0 Å². The Morgan fingerprint density at radius 2 is 1.90 bits per heavy atom. The molecule has 2 N–H and O–H groups in total. The molecule has 4 aromatic heterocycles. The maximum Gasteiger partial charge on any atom is 0.329 e. The van der Waals surface area contributed by atoms with E-state index in [0.717, 1.165) is 56.5 Å². The van der Waals surface area contributed by atoms with Gasteiger partial charge in [-0.3, -0.25) is 33.5 Å². The van der Waals surface area contributed by atoms with Crippen LogP contribution < -0.4 is 21.2 Å². The Kier molecular flexibility index (Phi) is 8.59. The Hall–Kier alpha value is -5.45. The maximum atomic E-state index is 14.0. The van der Waals surface area contributed by atoms with Crippen LogP contribution in [0, 0.1) is 5.92 Å². The number of halogens is 2. The zero-order chi connectivity index (χ0) is 36.3. The van der Waals surface area contributed by atoms with Crippen LogP contribution in [0.5, 0.6) is 0 Å². The second-order valence-electron chi connectivity index (χ2n) is 14.1. The Labute approximate surface area is 296 Å². The first kappa shape index (κ1) is 33.7. The third kappa shape index (κ3) is 5.91. The largest absolute Gasteiger partial charge is 0.370 e. The molecule has 272 valence electrons. The van der Waals surface area contributed by atoms with Crippen LogP contribution in [0.1, 0.15) is 73.1 Å². The highest BCUT2D eigenvalue weighted by Gasteiger charge is 2.36. The maximum absolute atomic E-state index is 14.0. The van der Waals surface area contributed by atoms with E-state index in [-0.39, 0.29) is 41.7 Å². The van der Waals surface area contributed by atoms with E-state index in [0.29, 0.717) is 23.1 Å². The number of amides is 3. The lowest BCUT2D eigenvalue weighted by Gasteiger charge is -2.42. The van der Waals surface area contributed by atoms with Gasteiger partial charge in [-0.15, -0.1) is 0 Å². The van der Waals surface area contributed by atoms with Crippen LogP contribution >= 0.6 is 0 Å². The molecule has 3 amide bonds. The second kappa shape index (κ2) is 13.3. The highest BCUT2D eigenvalue weighted by atomic mass is 19.3. The van der Waals surface area contributed by atoms with Crippen LogP contribution in [0.4, 0.5) is 20.2 Å². The Balaban J connectivity index is 0.878. The van der Waals surface area contributed by atoms with Gasteiger partial charge in [-0.1, -0.05) is 6.07 Å². The molecule has 1 unspecified atom stereocenters. The van der Waals surface area contributed by atoms with Gasteiger partial charge in [-0.25, -0.2) is 23.1 Å². The molecule has 1 atom stereocenters. The first-order chi connectivity index (χ1) is 25.1. The number of benzene rings is 1. The number of rotatable bonds is 9. The van der Waals surface area contributed by atoms with E-state index in [9.17, 15) is 28.0 Å². The standard InChI is InChI=1S/C35H39F2N11O4/c1-43(18-20-15-22(16-20)47-19-24(29(42-47)31(36)37)40-33(50)23-17-39-46-12-4-11-38-32(23)46)21-9-13-45(14-10-21)25-5-3-6-26-30(25)44(2)35(52)48(26)27-7-8-28(49)41-34(27)51/h3-6,11-12,17,19-22,27,31H,7-10,13-16,18H2,1-2H3,(H,40,50)(H,41,49,51). The van der Waals surface area contributed by atoms with Gasteiger partial charge in [0.2, 0.25) is 11.8 Å². The molecule has 3 aliphatic rings. The van der Waals surface area contributed by atoms with Gasteiger partial charge in [-0.05, 0) is 63.3 Å². The predicted octanol–water partition coefficient (Wildman–Crippen LogP) is 3.30. The summed E-state index contributed by atoms with van der Waals surface area (Å²) in [6.45, 7) is 2.46. The lowest BCUT2D eigenvalue weighted by Crippen LogP contribution is -2.46. The van der Waals surface area contributed by atoms with Gasteiger partial charge in [0.05, 0.1) is 34.6 Å². The minimum atomic E-state index is -2.85. The Morgan fingerprint density at radius 3 is 2.65 bits per heavy atom. The van der Waals surface area contributed by atoms with Crippen LogP contribution in [0.25, 0.3) is 16.7 Å². The van der Waals surface area contributed by atoms with Crippen molar-refractivity contribution in [2.75, 3.05) is 36.9 Å². The minimum absolute atomic E-state index is 0.0223. The van der Waals surface area contributed by atoms with Crippen LogP contribution in [-0.4, -0.2) is 88.9 Å². The van der Waals surface area contributed by atoms with E-state index in [2.05, 4.69) is 42.7 Å². The number of fused-ring (bicyclic) bond motifs is 2. The van der Waals surface area contributed by atoms with Crippen molar-refractivity contribution in [3.8, 4) is 0 Å². The number of aryl methyl sites for hydroxylation is 1. The van der Waals surface area contributed by atoms with Crippen LogP contribution in [0.15, 0.2) is 53.8 Å². The van der Waals surface area contributed by atoms with E-state index in [1.165, 1.54) is 27.7 Å². The number of hydrogen-bond donors (Lipinski definition) is 2. The highest BCUT2D eigenvalue weighted by Crippen LogP contribution is 2.40. The fourth-order valence-electron chi connectivity index (χ4n) is 8.10. The molecule has 1 aliphatic carbocycles. The fourth-order valence-corrected chi connectivity index (χ4v) is 8.10. The molecule has 2 aliphatic heterocycles. The van der Waals surface area contributed by atoms with Crippen molar-refractivity contribution in [2.45, 2.75) is 63.1 Å². The quantitative estimate of drug-likeness (QED) is 0.219. The molecule has 3 fully saturated rings. The lowest BCUT2D eigenvalue weighted by atomic mass is 9.79. The number of hydrogen-bond acceptors (Lipinski definition) is 9. The zero-order valence-corrected chi connectivity index (χ0v) is 28.8. The number of para-hydroxylation sites is 1. The summed E-state index contributed by atoms with van der Waals surface area (Å²) in [6.07, 6.45) is 7.08. The van der Waals surface area contributed by atoms with Crippen molar-refractivity contribution >= 4 is 45.8 Å². The molecule has 6 heterocycles. The number of imidazole rings is 1. The number of aromatic nitrogens is 7. The molecular weight excluding hydrogens is 676 g/mol. The number of anilines is 2. The number of imide groups is 1. The van der Waals surface area contributed by atoms with E-state index in [1.54, 1.807) is 28.6 Å². The average Bonchev–Trinajstić information content (AvgIpc) is 3.81. The Bertz CT molecular complexity index is 2240. The summed E-state index contributed by atoms with van der Waals surface area (Å²) in [7, 11) is 3.85. The second-order valence-corrected chi connectivity index (χ2v) is 14.1. The van der Waals surface area contributed by atoms with Gasteiger partial charge < -0.3 is 15.1 Å². The highest BCUT2D eigenvalue weighted by molar-refractivity contribution is 6.08. The van der Waals surface area contributed by atoms with E-state index >= 15 is 0 Å². The number of carbonyl (C=O) groups is 3. The normalized spacial score (nSPS) is 21.3. The van der Waals surface area contributed by atoms with Gasteiger partial charge in [0.15, 0.2) is 11.3 Å². The fraction of sp³-hybridized carbons (Fsp3) is 0.457. The summed E-state index contributed by atoms with van der Waals surface area (Å²) >= 11 is 0. The van der Waals surface area contributed by atoms with Crippen LogP contribution in [0.2, 0.25) is 0 Å². The third-order valence-electron chi connectivity index (χ3n) is 10.9. The smallest absolute Gasteiger partial charge is 0.329 e. The summed E-state index contributed by atoms with van der Waals surface area (Å²) in [5.41, 5.74) is 2.13. The zero-order valence-electron chi connectivity index (χ0n) is 28.8. The van der Waals surface area contributed by atoms with Gasteiger partial charge in [0.25, 0.3) is 12.3 Å². The summed E-state index contributed by atoms with van der Waals surface area (Å²) < 4.78 is 34.1.